The second-order valence-corrected chi connectivity index (χ2v) is 8.80. The van der Waals surface area contributed by atoms with Crippen LogP contribution in [0.1, 0.15) is 27.7 Å². The van der Waals surface area contributed by atoms with Gasteiger partial charge in [0.25, 0.3) is 0 Å². The minimum Gasteiger partial charge on any atom is -0.459 e. The number of nitrogens with zero attached hydrogens (tertiary/aromatic N) is 2. The summed E-state index contributed by atoms with van der Waals surface area (Å²) < 4.78 is 13.0. The Hall–Kier alpha value is -3.85. The van der Waals surface area contributed by atoms with Crippen molar-refractivity contribution in [2.75, 3.05) is 13.3 Å². The van der Waals surface area contributed by atoms with Gasteiger partial charge in [-0.05, 0) is 35.9 Å². The van der Waals surface area contributed by atoms with Gasteiger partial charge >= 0.3 is 10.9 Å². The third-order valence-corrected chi connectivity index (χ3v) is 7.04. The second kappa shape index (κ2) is 7.10. The topological polar surface area (TPSA) is 101 Å². The van der Waals surface area contributed by atoms with Crippen LogP contribution in [0.2, 0.25) is 0 Å². The van der Waals surface area contributed by atoms with E-state index in [4.69, 9.17) is 9.47 Å². The summed E-state index contributed by atoms with van der Waals surface area (Å²) in [5.74, 6) is 1.38. The highest BCUT2D eigenvalue weighted by atomic mass is 32.1. The van der Waals surface area contributed by atoms with Crippen molar-refractivity contribution in [3.63, 3.8) is 0 Å². The Labute approximate surface area is 186 Å². The summed E-state index contributed by atoms with van der Waals surface area (Å²) in [6, 6.07) is 16.6. The highest BCUT2D eigenvalue weighted by Crippen LogP contribution is 2.41. The summed E-state index contributed by atoms with van der Waals surface area (Å²) in [7, 11) is 0. The molecule has 32 heavy (non-hydrogen) atoms. The van der Waals surface area contributed by atoms with Gasteiger partial charge in [0, 0.05) is 29.0 Å². The zero-order valence-corrected chi connectivity index (χ0v) is 17.6. The molecule has 9 heteroatoms. The van der Waals surface area contributed by atoms with Gasteiger partial charge in [-0.1, -0.05) is 29.5 Å². The highest BCUT2D eigenvalue weighted by molar-refractivity contribution is 7.17. The van der Waals surface area contributed by atoms with Crippen LogP contribution in [0.25, 0.3) is 10.9 Å². The number of aliphatic hydroxyl groups is 1. The predicted octanol–water partition coefficient (Wildman–Crippen LogP) is 4.53. The summed E-state index contributed by atoms with van der Waals surface area (Å²) in [6.45, 7) is 0.743. The number of benzene rings is 2. The van der Waals surface area contributed by atoms with Crippen molar-refractivity contribution in [1.82, 2.24) is 4.98 Å². The van der Waals surface area contributed by atoms with Crippen molar-refractivity contribution in [2.45, 2.75) is 12.5 Å². The lowest BCUT2D eigenvalue weighted by Gasteiger charge is -2.22. The number of hydrogen-bond acceptors (Lipinski definition) is 5. The molecule has 0 radical (unpaired) electrons. The lowest BCUT2D eigenvalue weighted by molar-refractivity contribution is -0.572. The fourth-order valence-electron chi connectivity index (χ4n) is 4.59. The molecule has 2 aliphatic rings. The van der Waals surface area contributed by atoms with E-state index >= 15 is 0 Å². The molecule has 0 bridgehead atoms. The molecule has 2 aromatic heterocycles. The van der Waals surface area contributed by atoms with Gasteiger partial charge in [-0.25, -0.2) is 0 Å². The number of aromatic amines is 1. The quantitative estimate of drug-likeness (QED) is 0.208. The maximum absolute atomic E-state index is 11.2. The van der Waals surface area contributed by atoms with Crippen LogP contribution in [-0.2, 0) is 6.42 Å². The van der Waals surface area contributed by atoms with Crippen LogP contribution < -0.4 is 9.47 Å². The normalized spacial score (nSPS) is 18.6. The number of para-hydroxylation sites is 1. The number of aliphatic hydroxyl groups excluding tert-OH is 1. The number of H-pyrrole nitrogens is 1. The third kappa shape index (κ3) is 2.85. The number of aromatic nitrogens is 1. The minimum absolute atomic E-state index is 0.00510. The Morgan fingerprint density at radius 3 is 2.84 bits per heavy atom. The van der Waals surface area contributed by atoms with E-state index in [1.54, 1.807) is 6.07 Å². The maximum atomic E-state index is 11.2. The first kappa shape index (κ1) is 18.9. The van der Waals surface area contributed by atoms with E-state index in [0.717, 1.165) is 34.5 Å². The van der Waals surface area contributed by atoms with Crippen molar-refractivity contribution < 1.29 is 24.1 Å². The predicted molar refractivity (Wildman–Crippen MR) is 119 cm³/mol. The molecule has 0 saturated carbocycles. The van der Waals surface area contributed by atoms with Gasteiger partial charge in [0.05, 0.1) is 10.6 Å². The molecule has 8 nitrogen and oxygen atoms in total. The van der Waals surface area contributed by atoms with Gasteiger partial charge < -0.3 is 19.6 Å². The first-order valence-corrected chi connectivity index (χ1v) is 11.0. The molecule has 4 aromatic rings. The number of ether oxygens (including phenoxy) is 2. The van der Waals surface area contributed by atoms with E-state index < -0.39 is 4.92 Å². The number of nitrogens with one attached hydrogen (secondary N) is 1. The number of thiophene rings is 1. The van der Waals surface area contributed by atoms with E-state index in [1.807, 2.05) is 41.0 Å². The first-order chi connectivity index (χ1) is 15.6. The Kier molecular flexibility index (Phi) is 4.19. The summed E-state index contributed by atoms with van der Waals surface area (Å²) in [4.78, 5) is 14.7. The summed E-state index contributed by atoms with van der Waals surface area (Å²) >= 11 is 0.964. The molecule has 0 spiro atoms. The van der Waals surface area contributed by atoms with Crippen LogP contribution in [0.3, 0.4) is 0 Å². The van der Waals surface area contributed by atoms with Crippen LogP contribution >= 0.6 is 11.3 Å². The molecule has 2 aliphatic heterocycles. The maximum Gasteiger partial charge on any atom is 0.378 e. The van der Waals surface area contributed by atoms with Crippen LogP contribution in [0.15, 0.2) is 54.6 Å². The van der Waals surface area contributed by atoms with Crippen LogP contribution in [0.5, 0.6) is 11.5 Å². The monoisotopic (exact) mass is 448 g/mol. The molecule has 2 N–H and O–H groups in total. The summed E-state index contributed by atoms with van der Waals surface area (Å²) in [5, 5.41) is 23.5. The van der Waals surface area contributed by atoms with Gasteiger partial charge in [0.1, 0.15) is 4.88 Å². The molecule has 6 rings (SSSR count). The van der Waals surface area contributed by atoms with Gasteiger partial charge in [-0.3, -0.25) is 10.1 Å². The van der Waals surface area contributed by atoms with Crippen molar-refractivity contribution in [3.8, 4) is 11.5 Å². The average molecular weight is 448 g/mol. The fraction of sp³-hybridized carbons (Fsp3) is 0.174. The SMILES string of the molecule is O=[N+]([O-])c1ccc(C(O)=[N+]2CCc3c([nH]c4ccccc34)C2c2ccc3c(c2)OCO3)s1. The third-order valence-electron chi connectivity index (χ3n) is 6.01. The number of rotatable bonds is 3. The second-order valence-electron chi connectivity index (χ2n) is 7.74. The fourth-order valence-corrected chi connectivity index (χ4v) is 5.37. The summed E-state index contributed by atoms with van der Waals surface area (Å²) in [6.07, 6.45) is 0.734. The zero-order valence-electron chi connectivity index (χ0n) is 16.8. The molecule has 2 aromatic carbocycles. The molecular weight excluding hydrogens is 430 g/mol. The Morgan fingerprint density at radius 2 is 2.00 bits per heavy atom. The number of nitro groups is 1. The van der Waals surface area contributed by atoms with Crippen LogP contribution in [-0.4, -0.2) is 38.8 Å². The molecule has 1 unspecified atom stereocenters. The average Bonchev–Trinajstić information content (AvgIpc) is 3.55. The largest absolute Gasteiger partial charge is 0.459 e. The molecule has 0 aliphatic carbocycles. The van der Waals surface area contributed by atoms with Gasteiger partial charge in [0.2, 0.25) is 12.8 Å². The van der Waals surface area contributed by atoms with Crippen molar-refractivity contribution >= 4 is 33.1 Å². The molecule has 0 amide bonds. The summed E-state index contributed by atoms with van der Waals surface area (Å²) in [5.41, 5.74) is 4.18. The lowest BCUT2D eigenvalue weighted by Crippen LogP contribution is -2.33. The Bertz CT molecular complexity index is 1420. The molecule has 160 valence electrons. The van der Waals surface area contributed by atoms with Crippen molar-refractivity contribution in [1.29, 1.82) is 0 Å². The standard InChI is InChI=1S/C23H17N3O5S/c27-23(19-7-8-20(32-19)26(28)29)25-10-9-15-14-3-1-2-4-16(14)24-21(15)22(25)13-5-6-17-18(11-13)31-12-30-17/h1-8,11,22,24H,9-10,12H2/p+1. The van der Waals surface area contributed by atoms with Crippen molar-refractivity contribution in [3.05, 3.63) is 86.4 Å². The molecule has 0 fully saturated rings. The molecule has 4 heterocycles. The van der Waals surface area contributed by atoms with Crippen LogP contribution in [0, 0.1) is 10.1 Å². The number of fused-ring (bicyclic) bond motifs is 4. The van der Waals surface area contributed by atoms with E-state index in [1.165, 1.54) is 17.0 Å². The zero-order chi connectivity index (χ0) is 21.8. The van der Waals surface area contributed by atoms with E-state index in [2.05, 4.69) is 11.1 Å². The van der Waals surface area contributed by atoms with Gasteiger partial charge in [-0.15, -0.1) is 0 Å². The highest BCUT2D eigenvalue weighted by Gasteiger charge is 2.39. The lowest BCUT2D eigenvalue weighted by atomic mass is 9.93. The van der Waals surface area contributed by atoms with Gasteiger partial charge in [-0.2, -0.15) is 4.58 Å². The van der Waals surface area contributed by atoms with E-state index in [-0.39, 0.29) is 23.7 Å². The molecule has 1 atom stereocenters. The van der Waals surface area contributed by atoms with E-state index in [9.17, 15) is 15.2 Å². The van der Waals surface area contributed by atoms with E-state index in [0.29, 0.717) is 22.9 Å². The van der Waals surface area contributed by atoms with Crippen LogP contribution in [0.4, 0.5) is 5.00 Å². The minimum atomic E-state index is -0.442. The first-order valence-electron chi connectivity index (χ1n) is 10.2. The smallest absolute Gasteiger partial charge is 0.378 e. The van der Waals surface area contributed by atoms with Crippen molar-refractivity contribution in [2.24, 2.45) is 0 Å². The molecule has 0 saturated heterocycles. The Morgan fingerprint density at radius 1 is 1.16 bits per heavy atom. The molecular formula is C23H18N3O5S+. The Balaban J connectivity index is 1.56. The van der Waals surface area contributed by atoms with Gasteiger partial charge in [0.15, 0.2) is 18.0 Å². The number of hydrogen-bond donors (Lipinski definition) is 2.